The van der Waals surface area contributed by atoms with Crippen molar-refractivity contribution >= 4 is 12.0 Å². The Labute approximate surface area is 89.3 Å². The fourth-order valence-corrected chi connectivity index (χ4v) is 1.23. The molecule has 0 unspecified atom stereocenters. The minimum Gasteiger partial charge on any atom is -0.494 e. The van der Waals surface area contributed by atoms with Crippen molar-refractivity contribution in [1.82, 2.24) is 0 Å². The molecule has 0 aliphatic carbocycles. The monoisotopic (exact) mass is 206 g/mol. The number of ether oxygens (including phenoxy) is 2. The summed E-state index contributed by atoms with van der Waals surface area (Å²) in [4.78, 5) is 11.3. The number of hydrogen-bond donors (Lipinski definition) is 0. The van der Waals surface area contributed by atoms with Crippen LogP contribution in [0.3, 0.4) is 0 Å². The molecule has 0 aliphatic heterocycles. The summed E-state index contributed by atoms with van der Waals surface area (Å²) in [7, 11) is 1.35. The summed E-state index contributed by atoms with van der Waals surface area (Å²) in [5.41, 5.74) is 1.31. The molecule has 0 spiro atoms. The predicted molar refractivity (Wildman–Crippen MR) is 59.0 cm³/mol. The van der Waals surface area contributed by atoms with E-state index >= 15 is 0 Å². The molecule has 0 heterocycles. The van der Waals surface area contributed by atoms with E-state index in [0.29, 0.717) is 17.9 Å². The second-order valence-electron chi connectivity index (χ2n) is 2.92. The molecular weight excluding hydrogens is 192 g/mol. The van der Waals surface area contributed by atoms with E-state index in [1.807, 2.05) is 13.0 Å². The largest absolute Gasteiger partial charge is 0.494 e. The minimum atomic E-state index is -0.375. The van der Waals surface area contributed by atoms with Crippen LogP contribution in [0.2, 0.25) is 0 Å². The molecule has 0 aromatic heterocycles. The van der Waals surface area contributed by atoms with E-state index in [2.05, 4.69) is 11.3 Å². The molecule has 0 aliphatic rings. The smallest absolute Gasteiger partial charge is 0.338 e. The van der Waals surface area contributed by atoms with Crippen molar-refractivity contribution in [3.8, 4) is 5.75 Å². The van der Waals surface area contributed by atoms with Crippen molar-refractivity contribution in [3.63, 3.8) is 0 Å². The average molecular weight is 206 g/mol. The molecule has 0 N–H and O–H groups in total. The lowest BCUT2D eigenvalue weighted by molar-refractivity contribution is 0.0600. The number of hydrogen-bond acceptors (Lipinski definition) is 3. The van der Waals surface area contributed by atoms with Gasteiger partial charge in [-0.2, -0.15) is 0 Å². The highest BCUT2D eigenvalue weighted by molar-refractivity contribution is 5.90. The highest BCUT2D eigenvalue weighted by Gasteiger charge is 2.08. The first-order chi connectivity index (χ1) is 7.21. The van der Waals surface area contributed by atoms with Crippen LogP contribution in [-0.4, -0.2) is 19.7 Å². The molecule has 0 bridgehead atoms. The molecule has 0 atom stereocenters. The van der Waals surface area contributed by atoms with Gasteiger partial charge < -0.3 is 9.47 Å². The normalized spacial score (nSPS) is 9.47. The van der Waals surface area contributed by atoms with E-state index in [-0.39, 0.29) is 5.97 Å². The van der Waals surface area contributed by atoms with Crippen LogP contribution in [0.4, 0.5) is 0 Å². The van der Waals surface area contributed by atoms with Gasteiger partial charge in [0.25, 0.3) is 0 Å². The topological polar surface area (TPSA) is 35.5 Å². The summed E-state index contributed by atoms with van der Waals surface area (Å²) in [5, 5.41) is 0. The first-order valence-electron chi connectivity index (χ1n) is 4.70. The van der Waals surface area contributed by atoms with Gasteiger partial charge in [0.1, 0.15) is 5.75 Å². The van der Waals surface area contributed by atoms with Gasteiger partial charge in [-0.15, -0.1) is 0 Å². The molecule has 0 saturated heterocycles. The number of methoxy groups -OCH3 is 1. The van der Waals surface area contributed by atoms with E-state index in [0.717, 1.165) is 5.56 Å². The zero-order valence-corrected chi connectivity index (χ0v) is 8.95. The Morgan fingerprint density at radius 1 is 1.47 bits per heavy atom. The second kappa shape index (κ2) is 5.20. The lowest BCUT2D eigenvalue weighted by Crippen LogP contribution is -2.02. The van der Waals surface area contributed by atoms with Crippen molar-refractivity contribution in [2.45, 2.75) is 6.92 Å². The van der Waals surface area contributed by atoms with E-state index in [4.69, 9.17) is 4.74 Å². The highest BCUT2D eigenvalue weighted by atomic mass is 16.5. The third-order valence-electron chi connectivity index (χ3n) is 1.90. The second-order valence-corrected chi connectivity index (χ2v) is 2.92. The van der Waals surface area contributed by atoms with Crippen LogP contribution in [0.15, 0.2) is 24.8 Å². The molecule has 80 valence electrons. The van der Waals surface area contributed by atoms with E-state index < -0.39 is 0 Å². The van der Waals surface area contributed by atoms with Gasteiger partial charge in [-0.25, -0.2) is 4.79 Å². The number of rotatable bonds is 4. The minimum absolute atomic E-state index is 0.375. The van der Waals surface area contributed by atoms with Crippen molar-refractivity contribution in [2.24, 2.45) is 0 Å². The van der Waals surface area contributed by atoms with Crippen LogP contribution in [0.25, 0.3) is 6.08 Å². The molecule has 0 amide bonds. The summed E-state index contributed by atoms with van der Waals surface area (Å²) in [6, 6.07) is 5.19. The zero-order valence-electron chi connectivity index (χ0n) is 8.95. The fourth-order valence-electron chi connectivity index (χ4n) is 1.23. The van der Waals surface area contributed by atoms with E-state index in [9.17, 15) is 4.79 Å². The Hall–Kier alpha value is -1.77. The van der Waals surface area contributed by atoms with Crippen molar-refractivity contribution in [1.29, 1.82) is 0 Å². The third kappa shape index (κ3) is 2.84. The fraction of sp³-hybridized carbons (Fsp3) is 0.250. The van der Waals surface area contributed by atoms with Crippen LogP contribution < -0.4 is 4.74 Å². The van der Waals surface area contributed by atoms with Gasteiger partial charge in [0, 0.05) is 0 Å². The summed E-state index contributed by atoms with van der Waals surface area (Å²) in [6.45, 7) is 6.09. The molecule has 3 heteroatoms. The third-order valence-corrected chi connectivity index (χ3v) is 1.90. The maximum Gasteiger partial charge on any atom is 0.338 e. The summed E-state index contributed by atoms with van der Waals surface area (Å²) in [6.07, 6.45) is 1.66. The first-order valence-corrected chi connectivity index (χ1v) is 4.70. The van der Waals surface area contributed by atoms with Gasteiger partial charge in [0.2, 0.25) is 0 Å². The predicted octanol–water partition coefficient (Wildman–Crippen LogP) is 2.51. The van der Waals surface area contributed by atoms with Crippen LogP contribution >= 0.6 is 0 Å². The van der Waals surface area contributed by atoms with Crippen molar-refractivity contribution < 1.29 is 14.3 Å². The Bertz CT molecular complexity index is 369. The molecular formula is C12H14O3. The van der Waals surface area contributed by atoms with E-state index in [1.165, 1.54) is 7.11 Å². The van der Waals surface area contributed by atoms with Gasteiger partial charge in [-0.1, -0.05) is 12.7 Å². The lowest BCUT2D eigenvalue weighted by atomic mass is 10.1. The molecule has 1 aromatic rings. The Kier molecular flexibility index (Phi) is 3.92. The lowest BCUT2D eigenvalue weighted by Gasteiger charge is -2.06. The van der Waals surface area contributed by atoms with Crippen LogP contribution in [0, 0.1) is 0 Å². The average Bonchev–Trinajstić information content (AvgIpc) is 2.28. The van der Waals surface area contributed by atoms with Crippen LogP contribution in [-0.2, 0) is 4.74 Å². The zero-order chi connectivity index (χ0) is 11.3. The van der Waals surface area contributed by atoms with Gasteiger partial charge in [0.05, 0.1) is 19.3 Å². The summed E-state index contributed by atoms with van der Waals surface area (Å²) in [5.74, 6) is 0.273. The molecule has 0 radical (unpaired) electrons. The summed E-state index contributed by atoms with van der Waals surface area (Å²) < 4.78 is 9.97. The number of carbonyl (C=O) groups excluding carboxylic acids is 1. The van der Waals surface area contributed by atoms with Gasteiger partial charge in [0.15, 0.2) is 0 Å². The van der Waals surface area contributed by atoms with Gasteiger partial charge in [-0.3, -0.25) is 0 Å². The number of benzene rings is 1. The standard InChI is InChI=1S/C12H14O3/c1-4-9-6-10(12(13)14-3)8-11(7-9)15-5-2/h4,6-8H,1,5H2,2-3H3. The van der Waals surface area contributed by atoms with Gasteiger partial charge in [-0.05, 0) is 30.7 Å². The summed E-state index contributed by atoms with van der Waals surface area (Å²) >= 11 is 0. The highest BCUT2D eigenvalue weighted by Crippen LogP contribution is 2.18. The molecule has 1 rings (SSSR count). The Morgan fingerprint density at radius 3 is 2.73 bits per heavy atom. The molecule has 15 heavy (non-hydrogen) atoms. The Morgan fingerprint density at radius 2 is 2.20 bits per heavy atom. The van der Waals surface area contributed by atoms with Crippen molar-refractivity contribution in [3.05, 3.63) is 35.9 Å². The van der Waals surface area contributed by atoms with Crippen LogP contribution in [0.1, 0.15) is 22.8 Å². The molecule has 3 nitrogen and oxygen atoms in total. The Balaban J connectivity index is 3.10. The molecule has 0 saturated carbocycles. The van der Waals surface area contributed by atoms with Gasteiger partial charge >= 0.3 is 5.97 Å². The number of carbonyl (C=O) groups is 1. The number of esters is 1. The van der Waals surface area contributed by atoms with E-state index in [1.54, 1.807) is 18.2 Å². The van der Waals surface area contributed by atoms with Crippen molar-refractivity contribution in [2.75, 3.05) is 13.7 Å². The maximum absolute atomic E-state index is 11.3. The first kappa shape index (κ1) is 11.3. The quantitative estimate of drug-likeness (QED) is 0.710. The maximum atomic E-state index is 11.3. The molecule has 1 aromatic carbocycles. The SMILES string of the molecule is C=Cc1cc(OCC)cc(C(=O)OC)c1. The molecule has 0 fully saturated rings. The van der Waals surface area contributed by atoms with Crippen LogP contribution in [0.5, 0.6) is 5.75 Å².